The van der Waals surface area contributed by atoms with Gasteiger partial charge in [-0.3, -0.25) is 0 Å². The quantitative estimate of drug-likeness (QED) is 0.574. The average Bonchev–Trinajstić information content (AvgIpc) is 1.87. The first-order valence-corrected chi connectivity index (χ1v) is 3.41. The van der Waals surface area contributed by atoms with Gasteiger partial charge < -0.3 is 10.5 Å². The molecule has 2 heteroatoms. The molecule has 0 aliphatic heterocycles. The van der Waals surface area contributed by atoms with Crippen LogP contribution in [0.15, 0.2) is 0 Å². The number of nitrogens with two attached hydrogens (primary N) is 1. The Balaban J connectivity index is 3.44. The third kappa shape index (κ3) is 3.25. The van der Waals surface area contributed by atoms with E-state index in [0.717, 1.165) is 12.7 Å². The minimum Gasteiger partial charge on any atom is -0.327 e. The Hall–Kier alpha value is -0.370. The molecule has 0 fully saturated rings. The van der Waals surface area contributed by atoms with E-state index in [1.165, 1.54) is 0 Å². The number of aldehydes is 1. The number of rotatable bonds is 4. The largest absolute Gasteiger partial charge is 0.327 e. The second kappa shape index (κ2) is 4.50. The summed E-state index contributed by atoms with van der Waals surface area (Å²) in [6.07, 6.45) is 2.43. The Morgan fingerprint density at radius 1 is 1.67 bits per heavy atom. The molecule has 0 spiro atoms. The van der Waals surface area contributed by atoms with Crippen LogP contribution in [0.2, 0.25) is 0 Å². The molecule has 0 aliphatic rings. The number of hydrogen-bond acceptors (Lipinski definition) is 2. The first-order chi connectivity index (χ1) is 4.22. The van der Waals surface area contributed by atoms with Gasteiger partial charge in [-0.2, -0.15) is 0 Å². The van der Waals surface area contributed by atoms with Gasteiger partial charge in [0.25, 0.3) is 0 Å². The van der Waals surface area contributed by atoms with Crippen molar-refractivity contribution < 1.29 is 4.79 Å². The third-order valence-corrected chi connectivity index (χ3v) is 1.74. The minimum atomic E-state index is 0.0625. The molecule has 2 unspecified atom stereocenters. The molecule has 2 atom stereocenters. The van der Waals surface area contributed by atoms with Crippen molar-refractivity contribution >= 4 is 6.29 Å². The van der Waals surface area contributed by atoms with Gasteiger partial charge in [-0.05, 0) is 5.92 Å². The highest BCUT2D eigenvalue weighted by Gasteiger charge is 2.08. The summed E-state index contributed by atoms with van der Waals surface area (Å²) in [5.41, 5.74) is 5.61. The predicted octanol–water partition coefficient (Wildman–Crippen LogP) is 0.949. The van der Waals surface area contributed by atoms with Crippen molar-refractivity contribution in [1.82, 2.24) is 0 Å². The third-order valence-electron chi connectivity index (χ3n) is 1.74. The van der Waals surface area contributed by atoms with E-state index in [0.29, 0.717) is 12.3 Å². The average molecular weight is 129 g/mol. The maximum absolute atomic E-state index is 9.96. The van der Waals surface area contributed by atoms with Crippen LogP contribution in [0.1, 0.15) is 26.7 Å². The lowest BCUT2D eigenvalue weighted by Crippen LogP contribution is -2.27. The zero-order chi connectivity index (χ0) is 7.28. The molecule has 0 saturated heterocycles. The first-order valence-electron chi connectivity index (χ1n) is 3.41. The number of hydrogen-bond donors (Lipinski definition) is 1. The molecule has 0 aromatic carbocycles. The van der Waals surface area contributed by atoms with E-state index in [-0.39, 0.29) is 6.04 Å². The summed E-state index contributed by atoms with van der Waals surface area (Å²) in [5, 5.41) is 0. The smallest absolute Gasteiger partial charge is 0.121 e. The van der Waals surface area contributed by atoms with Crippen molar-refractivity contribution in [3.63, 3.8) is 0 Å². The van der Waals surface area contributed by atoms with E-state index >= 15 is 0 Å². The lowest BCUT2D eigenvalue weighted by atomic mass is 9.98. The Kier molecular flexibility index (Phi) is 4.32. The molecule has 0 bridgehead atoms. The normalized spacial score (nSPS) is 16.8. The zero-order valence-corrected chi connectivity index (χ0v) is 6.13. The van der Waals surface area contributed by atoms with E-state index in [1.54, 1.807) is 0 Å². The summed E-state index contributed by atoms with van der Waals surface area (Å²) in [5.74, 6) is 0.468. The van der Waals surface area contributed by atoms with Gasteiger partial charge in [0.05, 0.1) is 0 Å². The summed E-state index contributed by atoms with van der Waals surface area (Å²) in [6.45, 7) is 4.14. The molecular weight excluding hydrogens is 114 g/mol. The maximum Gasteiger partial charge on any atom is 0.121 e. The van der Waals surface area contributed by atoms with Gasteiger partial charge in [0.1, 0.15) is 6.29 Å². The number of carbonyl (C=O) groups is 1. The zero-order valence-electron chi connectivity index (χ0n) is 6.13. The summed E-state index contributed by atoms with van der Waals surface area (Å²) < 4.78 is 0. The van der Waals surface area contributed by atoms with Gasteiger partial charge in [-0.25, -0.2) is 0 Å². The van der Waals surface area contributed by atoms with Crippen LogP contribution in [0, 0.1) is 5.92 Å². The topological polar surface area (TPSA) is 43.1 Å². The van der Waals surface area contributed by atoms with Crippen LogP contribution in [-0.4, -0.2) is 12.3 Å². The summed E-state index contributed by atoms with van der Waals surface area (Å²) >= 11 is 0. The fourth-order valence-electron chi connectivity index (χ4n) is 0.646. The molecule has 2 nitrogen and oxygen atoms in total. The van der Waals surface area contributed by atoms with Crippen LogP contribution in [0.5, 0.6) is 0 Å². The van der Waals surface area contributed by atoms with Gasteiger partial charge in [0.2, 0.25) is 0 Å². The highest BCUT2D eigenvalue weighted by atomic mass is 16.1. The second-order valence-corrected chi connectivity index (χ2v) is 2.45. The van der Waals surface area contributed by atoms with Crippen LogP contribution >= 0.6 is 0 Å². The van der Waals surface area contributed by atoms with Gasteiger partial charge >= 0.3 is 0 Å². The lowest BCUT2D eigenvalue weighted by Gasteiger charge is -2.14. The molecule has 0 radical (unpaired) electrons. The molecule has 0 aromatic heterocycles. The van der Waals surface area contributed by atoms with Crippen LogP contribution in [0.3, 0.4) is 0 Å². The first kappa shape index (κ1) is 8.63. The van der Waals surface area contributed by atoms with E-state index < -0.39 is 0 Å². The standard InChI is InChI=1S/C7H15NO/c1-3-6(2)7(8)4-5-9/h5-7H,3-4,8H2,1-2H3. The molecule has 54 valence electrons. The Morgan fingerprint density at radius 3 is 2.56 bits per heavy atom. The molecule has 9 heavy (non-hydrogen) atoms. The van der Waals surface area contributed by atoms with Crippen LogP contribution in [0.25, 0.3) is 0 Å². The molecule has 2 N–H and O–H groups in total. The summed E-state index contributed by atoms with van der Waals surface area (Å²) in [4.78, 5) is 9.96. The van der Waals surface area contributed by atoms with Crippen molar-refractivity contribution in [3.05, 3.63) is 0 Å². The van der Waals surface area contributed by atoms with Gasteiger partial charge in [-0.1, -0.05) is 20.3 Å². The van der Waals surface area contributed by atoms with Crippen molar-refractivity contribution in [2.45, 2.75) is 32.7 Å². The minimum absolute atomic E-state index is 0.0625. The highest BCUT2D eigenvalue weighted by Crippen LogP contribution is 2.06. The van der Waals surface area contributed by atoms with Crippen LogP contribution < -0.4 is 5.73 Å². The van der Waals surface area contributed by atoms with Gasteiger partial charge in [0, 0.05) is 12.5 Å². The predicted molar refractivity (Wildman–Crippen MR) is 38.1 cm³/mol. The monoisotopic (exact) mass is 129 g/mol. The molecule has 0 amide bonds. The van der Waals surface area contributed by atoms with Crippen molar-refractivity contribution in [1.29, 1.82) is 0 Å². The van der Waals surface area contributed by atoms with E-state index in [1.807, 2.05) is 0 Å². The molecule has 0 aliphatic carbocycles. The van der Waals surface area contributed by atoms with E-state index in [4.69, 9.17) is 5.73 Å². The van der Waals surface area contributed by atoms with Gasteiger partial charge in [-0.15, -0.1) is 0 Å². The Bertz CT molecular complexity index is 83.0. The van der Waals surface area contributed by atoms with Gasteiger partial charge in [0.15, 0.2) is 0 Å². The number of carbonyl (C=O) groups excluding carboxylic acids is 1. The molecule has 0 rings (SSSR count). The van der Waals surface area contributed by atoms with E-state index in [2.05, 4.69) is 13.8 Å². The molecule has 0 saturated carbocycles. The fraction of sp³-hybridized carbons (Fsp3) is 0.857. The van der Waals surface area contributed by atoms with E-state index in [9.17, 15) is 4.79 Å². The second-order valence-electron chi connectivity index (χ2n) is 2.45. The fourth-order valence-corrected chi connectivity index (χ4v) is 0.646. The Morgan fingerprint density at radius 2 is 2.22 bits per heavy atom. The summed E-state index contributed by atoms with van der Waals surface area (Å²) in [7, 11) is 0. The SMILES string of the molecule is CCC(C)C(N)CC=O. The van der Waals surface area contributed by atoms with Crippen molar-refractivity contribution in [3.8, 4) is 0 Å². The lowest BCUT2D eigenvalue weighted by molar-refractivity contribution is -0.108. The molecular formula is C7H15NO. The van der Waals surface area contributed by atoms with Crippen LogP contribution in [-0.2, 0) is 4.79 Å². The maximum atomic E-state index is 9.96. The summed E-state index contributed by atoms with van der Waals surface area (Å²) in [6, 6.07) is 0.0625. The molecule has 0 aromatic rings. The Labute approximate surface area is 56.4 Å². The van der Waals surface area contributed by atoms with Crippen molar-refractivity contribution in [2.75, 3.05) is 0 Å². The highest BCUT2D eigenvalue weighted by molar-refractivity contribution is 5.50. The molecule has 0 heterocycles. The van der Waals surface area contributed by atoms with Crippen LogP contribution in [0.4, 0.5) is 0 Å². The van der Waals surface area contributed by atoms with Crippen molar-refractivity contribution in [2.24, 2.45) is 11.7 Å².